The summed E-state index contributed by atoms with van der Waals surface area (Å²) in [6.07, 6.45) is 3.23. The molecule has 7 heteroatoms. The summed E-state index contributed by atoms with van der Waals surface area (Å²) >= 11 is 0. The molecule has 0 aromatic heterocycles. The van der Waals surface area contributed by atoms with Crippen LogP contribution in [0, 0.1) is 0 Å². The fourth-order valence-electron chi connectivity index (χ4n) is 1.88. The standard InChI is InChI=1S/C14H21N3O3S/c1-2-3-13(15)14(18)16-10-6-8-12(9-7-10)21(19,20)17-11-4-5-11/h6-9,11,13,17H,2-5,15H2,1H3,(H,16,18)/t13-/m0/s1. The van der Waals surface area contributed by atoms with E-state index < -0.39 is 16.1 Å². The van der Waals surface area contributed by atoms with Crippen molar-refractivity contribution in [1.82, 2.24) is 4.72 Å². The van der Waals surface area contributed by atoms with E-state index in [0.717, 1.165) is 19.3 Å². The van der Waals surface area contributed by atoms with E-state index in [1.165, 1.54) is 12.1 Å². The lowest BCUT2D eigenvalue weighted by molar-refractivity contribution is -0.117. The number of anilines is 1. The summed E-state index contributed by atoms with van der Waals surface area (Å²) in [5.74, 6) is -0.261. The third kappa shape index (κ3) is 4.52. The normalized spacial score (nSPS) is 16.5. The van der Waals surface area contributed by atoms with Crippen molar-refractivity contribution in [3.63, 3.8) is 0 Å². The number of sulfonamides is 1. The van der Waals surface area contributed by atoms with E-state index in [9.17, 15) is 13.2 Å². The van der Waals surface area contributed by atoms with Gasteiger partial charge in [0.25, 0.3) is 0 Å². The lowest BCUT2D eigenvalue weighted by Crippen LogP contribution is -2.35. The molecule has 1 atom stereocenters. The van der Waals surface area contributed by atoms with Gasteiger partial charge in [-0.25, -0.2) is 13.1 Å². The number of rotatable bonds is 7. The summed E-state index contributed by atoms with van der Waals surface area (Å²) in [7, 11) is -3.45. The second kappa shape index (κ2) is 6.55. The largest absolute Gasteiger partial charge is 0.325 e. The molecule has 0 radical (unpaired) electrons. The van der Waals surface area contributed by atoms with Crippen LogP contribution in [0.2, 0.25) is 0 Å². The first-order valence-electron chi connectivity index (χ1n) is 7.11. The molecule has 0 bridgehead atoms. The van der Waals surface area contributed by atoms with E-state index in [0.29, 0.717) is 12.1 Å². The topological polar surface area (TPSA) is 101 Å². The molecular weight excluding hydrogens is 290 g/mol. The molecule has 1 amide bonds. The van der Waals surface area contributed by atoms with Crippen LogP contribution >= 0.6 is 0 Å². The minimum absolute atomic E-state index is 0.0708. The van der Waals surface area contributed by atoms with Gasteiger partial charge in [0.2, 0.25) is 15.9 Å². The zero-order valence-electron chi connectivity index (χ0n) is 12.0. The molecule has 0 spiro atoms. The molecule has 1 saturated carbocycles. The third-order valence-electron chi connectivity index (χ3n) is 3.27. The van der Waals surface area contributed by atoms with Gasteiger partial charge in [-0.05, 0) is 43.5 Å². The molecule has 1 fully saturated rings. The maximum absolute atomic E-state index is 12.0. The molecular formula is C14H21N3O3S. The Morgan fingerprint density at radius 1 is 1.33 bits per heavy atom. The molecule has 0 unspecified atom stereocenters. The van der Waals surface area contributed by atoms with E-state index in [-0.39, 0.29) is 16.8 Å². The van der Waals surface area contributed by atoms with Crippen LogP contribution < -0.4 is 15.8 Å². The monoisotopic (exact) mass is 311 g/mol. The van der Waals surface area contributed by atoms with E-state index in [4.69, 9.17) is 5.73 Å². The Morgan fingerprint density at radius 2 is 1.95 bits per heavy atom. The number of hydrogen-bond donors (Lipinski definition) is 3. The number of nitrogens with one attached hydrogen (secondary N) is 2. The number of benzene rings is 1. The first-order valence-corrected chi connectivity index (χ1v) is 8.59. The van der Waals surface area contributed by atoms with Gasteiger partial charge in [-0.3, -0.25) is 4.79 Å². The van der Waals surface area contributed by atoms with Crippen molar-refractivity contribution in [2.24, 2.45) is 5.73 Å². The second-order valence-electron chi connectivity index (χ2n) is 5.30. The van der Waals surface area contributed by atoms with Crippen LogP contribution in [-0.4, -0.2) is 26.4 Å². The van der Waals surface area contributed by atoms with Crippen molar-refractivity contribution in [1.29, 1.82) is 0 Å². The van der Waals surface area contributed by atoms with Crippen molar-refractivity contribution >= 4 is 21.6 Å². The fourth-order valence-corrected chi connectivity index (χ4v) is 3.19. The molecule has 21 heavy (non-hydrogen) atoms. The first-order chi connectivity index (χ1) is 9.92. The van der Waals surface area contributed by atoms with E-state index in [2.05, 4.69) is 10.0 Å². The number of amides is 1. The molecule has 0 aliphatic heterocycles. The number of hydrogen-bond acceptors (Lipinski definition) is 4. The Balaban J connectivity index is 2.00. The van der Waals surface area contributed by atoms with Crippen molar-refractivity contribution in [2.45, 2.75) is 49.6 Å². The van der Waals surface area contributed by atoms with Gasteiger partial charge in [0.1, 0.15) is 0 Å². The smallest absolute Gasteiger partial charge is 0.241 e. The summed E-state index contributed by atoms with van der Waals surface area (Å²) in [4.78, 5) is 12.0. The second-order valence-corrected chi connectivity index (χ2v) is 7.02. The summed E-state index contributed by atoms with van der Waals surface area (Å²) in [5, 5.41) is 2.68. The average molecular weight is 311 g/mol. The van der Waals surface area contributed by atoms with Crippen molar-refractivity contribution in [3.05, 3.63) is 24.3 Å². The van der Waals surface area contributed by atoms with Gasteiger partial charge >= 0.3 is 0 Å². The Labute approximate surface area is 125 Å². The molecule has 1 aliphatic rings. The number of nitrogens with two attached hydrogens (primary N) is 1. The highest BCUT2D eigenvalue weighted by Gasteiger charge is 2.27. The molecule has 6 nitrogen and oxygen atoms in total. The maximum atomic E-state index is 12.0. The summed E-state index contributed by atoms with van der Waals surface area (Å²) in [6, 6.07) is 5.62. The molecule has 116 valence electrons. The predicted octanol–water partition coefficient (Wildman–Crippen LogP) is 1.19. The Kier molecular flexibility index (Phi) is 4.97. The average Bonchev–Trinajstić information content (AvgIpc) is 3.23. The Bertz CT molecular complexity index is 594. The Morgan fingerprint density at radius 3 is 2.48 bits per heavy atom. The molecule has 1 aromatic carbocycles. The van der Waals surface area contributed by atoms with Crippen LogP contribution in [0.15, 0.2) is 29.2 Å². The highest BCUT2D eigenvalue weighted by Crippen LogP contribution is 2.22. The molecule has 2 rings (SSSR count). The zero-order chi connectivity index (χ0) is 15.5. The first kappa shape index (κ1) is 15.9. The minimum atomic E-state index is -3.45. The van der Waals surface area contributed by atoms with Crippen LogP contribution in [0.25, 0.3) is 0 Å². The zero-order valence-corrected chi connectivity index (χ0v) is 12.8. The van der Waals surface area contributed by atoms with Crippen LogP contribution in [0.5, 0.6) is 0 Å². The van der Waals surface area contributed by atoms with Crippen LogP contribution in [0.1, 0.15) is 32.6 Å². The van der Waals surface area contributed by atoms with Crippen molar-refractivity contribution < 1.29 is 13.2 Å². The van der Waals surface area contributed by atoms with Crippen LogP contribution in [0.3, 0.4) is 0 Å². The molecule has 4 N–H and O–H groups in total. The minimum Gasteiger partial charge on any atom is -0.325 e. The van der Waals surface area contributed by atoms with Crippen molar-refractivity contribution in [2.75, 3.05) is 5.32 Å². The molecule has 1 aliphatic carbocycles. The van der Waals surface area contributed by atoms with Crippen LogP contribution in [0.4, 0.5) is 5.69 Å². The van der Waals surface area contributed by atoms with E-state index in [1.54, 1.807) is 12.1 Å². The van der Waals surface area contributed by atoms with Crippen molar-refractivity contribution in [3.8, 4) is 0 Å². The van der Waals surface area contributed by atoms with Gasteiger partial charge in [-0.15, -0.1) is 0 Å². The van der Waals surface area contributed by atoms with Gasteiger partial charge in [-0.1, -0.05) is 13.3 Å². The third-order valence-corrected chi connectivity index (χ3v) is 4.80. The maximum Gasteiger partial charge on any atom is 0.241 e. The van der Waals surface area contributed by atoms with Gasteiger partial charge < -0.3 is 11.1 Å². The van der Waals surface area contributed by atoms with Gasteiger partial charge in [0.05, 0.1) is 10.9 Å². The quantitative estimate of drug-likeness (QED) is 0.704. The summed E-state index contributed by atoms with van der Waals surface area (Å²) in [6.45, 7) is 1.96. The molecule has 1 aromatic rings. The molecule has 0 saturated heterocycles. The molecule has 0 heterocycles. The van der Waals surface area contributed by atoms with Gasteiger partial charge in [0.15, 0.2) is 0 Å². The predicted molar refractivity (Wildman–Crippen MR) is 81.3 cm³/mol. The Hall–Kier alpha value is -1.44. The summed E-state index contributed by atoms with van der Waals surface area (Å²) < 4.78 is 26.6. The van der Waals surface area contributed by atoms with Gasteiger partial charge in [-0.2, -0.15) is 0 Å². The summed E-state index contributed by atoms with van der Waals surface area (Å²) in [5.41, 5.74) is 6.26. The fraction of sp³-hybridized carbons (Fsp3) is 0.500. The van der Waals surface area contributed by atoms with E-state index in [1.807, 2.05) is 6.92 Å². The highest BCUT2D eigenvalue weighted by molar-refractivity contribution is 7.89. The van der Waals surface area contributed by atoms with E-state index >= 15 is 0 Å². The number of carbonyl (C=O) groups is 1. The highest BCUT2D eigenvalue weighted by atomic mass is 32.2. The lowest BCUT2D eigenvalue weighted by atomic mass is 10.1. The van der Waals surface area contributed by atoms with Gasteiger partial charge in [0, 0.05) is 11.7 Å². The SMILES string of the molecule is CCC[C@H](N)C(=O)Nc1ccc(S(=O)(=O)NC2CC2)cc1. The lowest BCUT2D eigenvalue weighted by Gasteiger charge is -2.11. The van der Waals surface area contributed by atoms with Crippen LogP contribution in [-0.2, 0) is 14.8 Å². The number of carbonyl (C=O) groups excluding carboxylic acids is 1.